The van der Waals surface area contributed by atoms with Gasteiger partial charge in [0.25, 0.3) is 5.91 Å². The van der Waals surface area contributed by atoms with E-state index in [1.165, 1.54) is 0 Å². The van der Waals surface area contributed by atoms with E-state index in [0.29, 0.717) is 25.9 Å². The summed E-state index contributed by atoms with van der Waals surface area (Å²) in [6, 6.07) is 0. The van der Waals surface area contributed by atoms with Crippen molar-refractivity contribution < 1.29 is 24.2 Å². The maximum Gasteiger partial charge on any atom is 0.332 e. The molecule has 1 amide bonds. The molecule has 0 aromatic rings. The molecule has 0 aromatic carbocycles. The van der Waals surface area contributed by atoms with Crippen LogP contribution >= 0.6 is 0 Å². The van der Waals surface area contributed by atoms with Crippen molar-refractivity contribution in [3.63, 3.8) is 0 Å². The number of carboxylic acid groups (broad SMARTS) is 1. The number of carbonyl (C=O) groups is 2. The van der Waals surface area contributed by atoms with Crippen molar-refractivity contribution in [1.29, 1.82) is 0 Å². The predicted octanol–water partition coefficient (Wildman–Crippen LogP) is 1.43. The third-order valence-electron chi connectivity index (χ3n) is 4.11. The van der Waals surface area contributed by atoms with Gasteiger partial charge in [-0.15, -0.1) is 0 Å². The van der Waals surface area contributed by atoms with Crippen molar-refractivity contribution in [3.05, 3.63) is 0 Å². The Hall–Kier alpha value is -1.14. The highest BCUT2D eigenvalue weighted by molar-refractivity contribution is 5.82. The lowest BCUT2D eigenvalue weighted by molar-refractivity contribution is -0.154. The third-order valence-corrected chi connectivity index (χ3v) is 4.11. The number of aliphatic carboxylic acids is 1. The molecule has 0 bridgehead atoms. The first kappa shape index (κ1) is 16.2. The molecule has 2 aliphatic rings. The molecule has 0 aliphatic carbocycles. The van der Waals surface area contributed by atoms with Gasteiger partial charge in [-0.05, 0) is 38.5 Å². The molecular weight excluding hydrogens is 274 g/mol. The highest BCUT2D eigenvalue weighted by Gasteiger charge is 2.37. The smallest absolute Gasteiger partial charge is 0.332 e. The van der Waals surface area contributed by atoms with Crippen molar-refractivity contribution in [3.8, 4) is 0 Å². The highest BCUT2D eigenvalue weighted by Crippen LogP contribution is 2.23. The molecule has 1 N–H and O–H groups in total. The van der Waals surface area contributed by atoms with Crippen molar-refractivity contribution in [2.24, 2.45) is 0 Å². The fraction of sp³-hybridized carbons (Fsp3) is 0.867. The lowest BCUT2D eigenvalue weighted by Gasteiger charge is -2.24. The molecule has 21 heavy (non-hydrogen) atoms. The number of hydrogen-bond acceptors (Lipinski definition) is 4. The second kappa shape index (κ2) is 7.75. The van der Waals surface area contributed by atoms with Gasteiger partial charge in [-0.2, -0.15) is 0 Å². The Morgan fingerprint density at radius 1 is 1.19 bits per heavy atom. The zero-order chi connectivity index (χ0) is 15.2. The normalized spacial score (nSPS) is 30.1. The number of carbonyl (C=O) groups excluding carboxylic acids is 1. The predicted molar refractivity (Wildman–Crippen MR) is 76.0 cm³/mol. The molecule has 6 nitrogen and oxygen atoms in total. The minimum absolute atomic E-state index is 0.0603. The number of carboxylic acids is 1. The number of amides is 1. The van der Waals surface area contributed by atoms with Crippen molar-refractivity contribution >= 4 is 11.9 Å². The standard InChI is InChI=1S/C15H25NO5/c1-2-10-20-11-4-3-8-16(9-7-11)14(17)12-5-6-13(21-12)15(18)19/h11-13H,2-10H2,1H3,(H,18,19)/t11?,12-,13+/m0/s1. The Morgan fingerprint density at radius 2 is 1.95 bits per heavy atom. The van der Waals surface area contributed by atoms with Crippen molar-refractivity contribution in [2.45, 2.75) is 63.8 Å². The number of hydrogen-bond donors (Lipinski definition) is 1. The Kier molecular flexibility index (Phi) is 5.99. The Bertz CT molecular complexity index is 373. The third kappa shape index (κ3) is 4.41. The largest absolute Gasteiger partial charge is 0.479 e. The number of nitrogens with zero attached hydrogens (tertiary/aromatic N) is 1. The Labute approximate surface area is 125 Å². The van der Waals surface area contributed by atoms with Crippen LogP contribution < -0.4 is 0 Å². The van der Waals surface area contributed by atoms with Crippen LogP contribution in [0.5, 0.6) is 0 Å². The summed E-state index contributed by atoms with van der Waals surface area (Å²) in [6.45, 7) is 4.24. The second-order valence-electron chi connectivity index (χ2n) is 5.78. The van der Waals surface area contributed by atoms with Crippen LogP contribution in [-0.2, 0) is 19.1 Å². The average molecular weight is 299 g/mol. The molecule has 2 rings (SSSR count). The first-order valence-electron chi connectivity index (χ1n) is 7.90. The molecular formula is C15H25NO5. The molecule has 0 radical (unpaired) electrons. The Balaban J connectivity index is 1.82. The zero-order valence-corrected chi connectivity index (χ0v) is 12.6. The summed E-state index contributed by atoms with van der Waals surface area (Å²) in [5, 5.41) is 8.92. The minimum Gasteiger partial charge on any atom is -0.479 e. The number of likely N-dealkylation sites (tertiary alicyclic amines) is 1. The van der Waals surface area contributed by atoms with E-state index in [4.69, 9.17) is 14.6 Å². The van der Waals surface area contributed by atoms with E-state index in [1.54, 1.807) is 0 Å². The van der Waals surface area contributed by atoms with E-state index in [2.05, 4.69) is 6.92 Å². The summed E-state index contributed by atoms with van der Waals surface area (Å²) in [5.74, 6) is -1.04. The van der Waals surface area contributed by atoms with Gasteiger partial charge < -0.3 is 19.5 Å². The molecule has 1 unspecified atom stereocenters. The molecule has 6 heteroatoms. The highest BCUT2D eigenvalue weighted by atomic mass is 16.5. The molecule has 2 fully saturated rings. The lowest BCUT2D eigenvalue weighted by Crippen LogP contribution is -2.40. The summed E-state index contributed by atoms with van der Waals surface area (Å²) >= 11 is 0. The molecule has 120 valence electrons. The van der Waals surface area contributed by atoms with E-state index in [0.717, 1.165) is 32.3 Å². The fourth-order valence-electron chi connectivity index (χ4n) is 2.94. The van der Waals surface area contributed by atoms with Gasteiger partial charge in [-0.25, -0.2) is 4.79 Å². The summed E-state index contributed by atoms with van der Waals surface area (Å²) in [7, 11) is 0. The summed E-state index contributed by atoms with van der Waals surface area (Å²) in [4.78, 5) is 25.1. The van der Waals surface area contributed by atoms with Gasteiger partial charge in [0.2, 0.25) is 0 Å². The molecule has 0 aromatic heterocycles. The first-order valence-corrected chi connectivity index (χ1v) is 7.90. The van der Waals surface area contributed by atoms with Gasteiger partial charge in [-0.3, -0.25) is 4.79 Å². The van der Waals surface area contributed by atoms with E-state index >= 15 is 0 Å². The van der Waals surface area contributed by atoms with Crippen LogP contribution in [0.15, 0.2) is 0 Å². The van der Waals surface area contributed by atoms with Crippen LogP contribution in [0.2, 0.25) is 0 Å². The monoisotopic (exact) mass is 299 g/mol. The SMILES string of the molecule is CCCOC1CCCN(C(=O)[C@@H]2CC[C@H](C(=O)O)O2)CC1. The average Bonchev–Trinajstić information content (AvgIpc) is 2.85. The van der Waals surface area contributed by atoms with Crippen LogP contribution in [0, 0.1) is 0 Å². The van der Waals surface area contributed by atoms with Gasteiger partial charge in [0, 0.05) is 19.7 Å². The molecule has 2 aliphatic heterocycles. The van der Waals surface area contributed by atoms with Crippen LogP contribution in [0.3, 0.4) is 0 Å². The van der Waals surface area contributed by atoms with Gasteiger partial charge >= 0.3 is 5.97 Å². The second-order valence-corrected chi connectivity index (χ2v) is 5.78. The topological polar surface area (TPSA) is 76.1 Å². The van der Waals surface area contributed by atoms with Gasteiger partial charge in [-0.1, -0.05) is 6.92 Å². The summed E-state index contributed by atoms with van der Waals surface area (Å²) in [5.41, 5.74) is 0. The molecule has 3 atom stereocenters. The molecule has 2 heterocycles. The van der Waals surface area contributed by atoms with Crippen LogP contribution in [0.1, 0.15) is 45.4 Å². The van der Waals surface area contributed by atoms with Crippen molar-refractivity contribution in [1.82, 2.24) is 4.90 Å². The van der Waals surface area contributed by atoms with Gasteiger partial charge in [0.05, 0.1) is 6.10 Å². The van der Waals surface area contributed by atoms with Crippen LogP contribution in [-0.4, -0.2) is 59.9 Å². The molecule has 0 saturated carbocycles. The molecule has 2 saturated heterocycles. The summed E-state index contributed by atoms with van der Waals surface area (Å²) < 4.78 is 11.1. The maximum absolute atomic E-state index is 12.4. The van der Waals surface area contributed by atoms with Gasteiger partial charge in [0.15, 0.2) is 6.10 Å². The fourth-order valence-corrected chi connectivity index (χ4v) is 2.94. The number of ether oxygens (including phenoxy) is 2. The minimum atomic E-state index is -0.978. The van der Waals surface area contributed by atoms with Crippen LogP contribution in [0.4, 0.5) is 0 Å². The maximum atomic E-state index is 12.4. The Morgan fingerprint density at radius 3 is 2.62 bits per heavy atom. The van der Waals surface area contributed by atoms with E-state index in [-0.39, 0.29) is 12.0 Å². The number of rotatable bonds is 5. The van der Waals surface area contributed by atoms with E-state index in [9.17, 15) is 9.59 Å². The first-order chi connectivity index (χ1) is 10.1. The van der Waals surface area contributed by atoms with E-state index < -0.39 is 18.2 Å². The van der Waals surface area contributed by atoms with E-state index in [1.807, 2.05) is 4.90 Å². The molecule has 0 spiro atoms. The van der Waals surface area contributed by atoms with Gasteiger partial charge in [0.1, 0.15) is 6.10 Å². The lowest BCUT2D eigenvalue weighted by atomic mass is 10.1. The zero-order valence-electron chi connectivity index (χ0n) is 12.6. The summed E-state index contributed by atoms with van der Waals surface area (Å²) in [6.07, 6.45) is 3.50. The quantitative estimate of drug-likeness (QED) is 0.831. The van der Waals surface area contributed by atoms with Crippen LogP contribution in [0.25, 0.3) is 0 Å². The van der Waals surface area contributed by atoms with Crippen molar-refractivity contribution in [2.75, 3.05) is 19.7 Å².